The van der Waals surface area contributed by atoms with E-state index in [0.717, 1.165) is 50.4 Å². The normalized spacial score (nSPS) is 28.6. The highest BCUT2D eigenvalue weighted by Gasteiger charge is 2.33. The van der Waals surface area contributed by atoms with Gasteiger partial charge >= 0.3 is 5.97 Å². The number of esters is 1. The van der Waals surface area contributed by atoms with Gasteiger partial charge in [0.15, 0.2) is 11.6 Å². The van der Waals surface area contributed by atoms with Crippen LogP contribution in [0.3, 0.4) is 0 Å². The Hall–Kier alpha value is -1.45. The van der Waals surface area contributed by atoms with Crippen molar-refractivity contribution < 1.29 is 18.3 Å². The Labute approximate surface area is 188 Å². The molecule has 0 saturated heterocycles. The maximum atomic E-state index is 14.5. The second-order valence-electron chi connectivity index (χ2n) is 10.5. The van der Waals surface area contributed by atoms with Gasteiger partial charge in [0.25, 0.3) is 0 Å². The van der Waals surface area contributed by atoms with Gasteiger partial charge in [0.05, 0.1) is 5.92 Å². The fourth-order valence-electron chi connectivity index (χ4n) is 5.07. The molecule has 31 heavy (non-hydrogen) atoms. The molecule has 0 aliphatic heterocycles. The topological polar surface area (TPSA) is 26.3 Å². The second kappa shape index (κ2) is 12.0. The first-order chi connectivity index (χ1) is 14.6. The van der Waals surface area contributed by atoms with E-state index >= 15 is 0 Å². The average Bonchev–Trinajstić information content (AvgIpc) is 2.76. The summed E-state index contributed by atoms with van der Waals surface area (Å²) in [5, 5.41) is 0. The third-order valence-corrected chi connectivity index (χ3v) is 7.55. The molecule has 0 aromatic carbocycles. The van der Waals surface area contributed by atoms with Gasteiger partial charge < -0.3 is 4.74 Å². The third-order valence-electron chi connectivity index (χ3n) is 7.55. The molecule has 0 heterocycles. The summed E-state index contributed by atoms with van der Waals surface area (Å²) in [6.07, 6.45) is 10.4. The van der Waals surface area contributed by atoms with E-state index in [0.29, 0.717) is 11.8 Å². The molecule has 2 aliphatic rings. The van der Waals surface area contributed by atoms with Gasteiger partial charge in [-0.15, -0.1) is 0 Å². The van der Waals surface area contributed by atoms with E-state index in [4.69, 9.17) is 4.74 Å². The van der Waals surface area contributed by atoms with E-state index < -0.39 is 23.4 Å². The van der Waals surface area contributed by atoms with Gasteiger partial charge in [0.2, 0.25) is 5.83 Å². The molecule has 2 rings (SSSR count). The van der Waals surface area contributed by atoms with E-state index in [2.05, 4.69) is 33.9 Å². The maximum Gasteiger partial charge on any atom is 0.314 e. The average molecular weight is 437 g/mol. The number of allylic oxidation sites excluding steroid dienone is 3. The van der Waals surface area contributed by atoms with E-state index in [1.807, 2.05) is 6.92 Å². The Kier molecular flexibility index (Phi) is 9.96. The van der Waals surface area contributed by atoms with Crippen molar-refractivity contribution in [2.24, 2.45) is 35.5 Å². The molecule has 0 radical (unpaired) electrons. The minimum Gasteiger partial charge on any atom is -0.424 e. The predicted octanol–water partition coefficient (Wildman–Crippen LogP) is 8.46. The molecule has 0 amide bonds. The largest absolute Gasteiger partial charge is 0.424 e. The lowest BCUT2D eigenvalue weighted by Crippen LogP contribution is -2.28. The summed E-state index contributed by atoms with van der Waals surface area (Å²) in [5.41, 5.74) is 0.0951. The molecule has 2 fully saturated rings. The molecule has 176 valence electrons. The molecule has 2 aliphatic carbocycles. The van der Waals surface area contributed by atoms with Crippen molar-refractivity contribution in [2.75, 3.05) is 0 Å². The lowest BCUT2D eigenvalue weighted by Gasteiger charge is -2.36. The fourth-order valence-corrected chi connectivity index (χ4v) is 5.07. The quantitative estimate of drug-likeness (QED) is 0.206. The summed E-state index contributed by atoms with van der Waals surface area (Å²) < 4.78 is 34.2. The van der Waals surface area contributed by atoms with Crippen LogP contribution in [-0.2, 0) is 9.53 Å². The summed E-state index contributed by atoms with van der Waals surface area (Å²) in [5.74, 6) is -0.930. The highest BCUT2D eigenvalue weighted by molar-refractivity contribution is 5.74. The molecular formula is C27H42F2O2. The van der Waals surface area contributed by atoms with Gasteiger partial charge in [-0.3, -0.25) is 4.79 Å². The smallest absolute Gasteiger partial charge is 0.314 e. The summed E-state index contributed by atoms with van der Waals surface area (Å²) in [4.78, 5) is 12.5. The highest BCUT2D eigenvalue weighted by atomic mass is 19.2. The van der Waals surface area contributed by atoms with Crippen molar-refractivity contribution in [1.29, 1.82) is 0 Å². The van der Waals surface area contributed by atoms with Crippen LogP contribution in [0.25, 0.3) is 0 Å². The Balaban J connectivity index is 1.83. The van der Waals surface area contributed by atoms with Crippen LogP contribution in [-0.4, -0.2) is 5.97 Å². The van der Waals surface area contributed by atoms with Crippen LogP contribution in [0, 0.1) is 35.5 Å². The van der Waals surface area contributed by atoms with Crippen LogP contribution in [0.1, 0.15) is 91.9 Å². The summed E-state index contributed by atoms with van der Waals surface area (Å²) in [6.45, 7) is 15.5. The molecular weight excluding hydrogens is 394 g/mol. The van der Waals surface area contributed by atoms with E-state index in [1.165, 1.54) is 25.7 Å². The third kappa shape index (κ3) is 7.57. The Morgan fingerprint density at radius 1 is 0.871 bits per heavy atom. The number of halogens is 2. The fraction of sp³-hybridized carbons (Fsp3) is 0.741. The number of hydrogen-bond acceptors (Lipinski definition) is 2. The molecule has 0 aromatic rings. The first-order valence-electron chi connectivity index (χ1n) is 12.3. The van der Waals surface area contributed by atoms with E-state index in [1.54, 1.807) is 0 Å². The first kappa shape index (κ1) is 25.8. The molecule has 2 saturated carbocycles. The molecule has 0 spiro atoms. The predicted molar refractivity (Wildman–Crippen MR) is 123 cm³/mol. The van der Waals surface area contributed by atoms with Crippen molar-refractivity contribution in [3.8, 4) is 0 Å². The lowest BCUT2D eigenvalue weighted by atomic mass is 9.69. The van der Waals surface area contributed by atoms with E-state index in [9.17, 15) is 13.6 Å². The minimum atomic E-state index is -1.21. The number of carbonyl (C=O) groups excluding carboxylic acids is 1. The molecule has 1 unspecified atom stereocenters. The monoisotopic (exact) mass is 436 g/mol. The summed E-state index contributed by atoms with van der Waals surface area (Å²) >= 11 is 0. The Morgan fingerprint density at radius 2 is 1.39 bits per heavy atom. The van der Waals surface area contributed by atoms with Crippen molar-refractivity contribution >= 4 is 5.97 Å². The maximum absolute atomic E-state index is 14.5. The summed E-state index contributed by atoms with van der Waals surface area (Å²) in [6, 6.07) is 0. The van der Waals surface area contributed by atoms with E-state index in [-0.39, 0.29) is 17.4 Å². The van der Waals surface area contributed by atoms with Crippen LogP contribution in [0.4, 0.5) is 8.78 Å². The van der Waals surface area contributed by atoms with Crippen LogP contribution in [0.15, 0.2) is 36.1 Å². The van der Waals surface area contributed by atoms with Gasteiger partial charge in [-0.2, -0.15) is 4.39 Å². The molecule has 0 N–H and O–H groups in total. The van der Waals surface area contributed by atoms with Crippen molar-refractivity contribution in [1.82, 2.24) is 0 Å². The second-order valence-corrected chi connectivity index (χ2v) is 10.5. The SMILES string of the molecule is C=C(OC(=O)C1CCC(C2CCC(C)CC2)CC1)/C(F)=C(/F)C(=C)C(C)CCC(C)C. The highest BCUT2D eigenvalue weighted by Crippen LogP contribution is 2.41. The zero-order chi connectivity index (χ0) is 23.1. The van der Waals surface area contributed by atoms with Gasteiger partial charge in [-0.05, 0) is 80.1 Å². The van der Waals surface area contributed by atoms with Gasteiger partial charge in [0.1, 0.15) is 0 Å². The van der Waals surface area contributed by atoms with Gasteiger partial charge in [-0.1, -0.05) is 60.1 Å². The zero-order valence-electron chi connectivity index (χ0n) is 20.0. The van der Waals surface area contributed by atoms with Crippen molar-refractivity contribution in [2.45, 2.75) is 91.9 Å². The van der Waals surface area contributed by atoms with Gasteiger partial charge in [-0.25, -0.2) is 4.39 Å². The minimum absolute atomic E-state index is 0.0951. The van der Waals surface area contributed by atoms with Crippen LogP contribution >= 0.6 is 0 Å². The summed E-state index contributed by atoms with van der Waals surface area (Å²) in [7, 11) is 0. The van der Waals surface area contributed by atoms with Crippen LogP contribution < -0.4 is 0 Å². The molecule has 1 atom stereocenters. The van der Waals surface area contributed by atoms with Crippen molar-refractivity contribution in [3.05, 3.63) is 36.1 Å². The number of carbonyl (C=O) groups is 1. The first-order valence-corrected chi connectivity index (χ1v) is 12.3. The molecule has 0 bridgehead atoms. The Bertz CT molecular complexity index is 663. The number of rotatable bonds is 9. The zero-order valence-corrected chi connectivity index (χ0v) is 20.0. The van der Waals surface area contributed by atoms with Crippen molar-refractivity contribution in [3.63, 3.8) is 0 Å². The molecule has 0 aromatic heterocycles. The molecule has 4 heteroatoms. The van der Waals surface area contributed by atoms with Gasteiger partial charge in [0, 0.05) is 0 Å². The molecule has 2 nitrogen and oxygen atoms in total. The number of hydrogen-bond donors (Lipinski definition) is 0. The van der Waals surface area contributed by atoms with Crippen LogP contribution in [0.2, 0.25) is 0 Å². The number of ether oxygens (including phenoxy) is 1. The standard InChI is InChI=1S/C27H42F2O2/c1-17(2)7-10-19(4)20(5)25(28)26(29)21(6)31-27(30)24-15-13-23(14-16-24)22-11-8-18(3)9-12-22/h17-19,22-24H,5-16H2,1-4H3/b26-25-. The Morgan fingerprint density at radius 3 is 1.90 bits per heavy atom. The van der Waals surface area contributed by atoms with Crippen LogP contribution in [0.5, 0.6) is 0 Å². The lowest BCUT2D eigenvalue weighted by molar-refractivity contribution is -0.145.